The number of aromatic nitrogens is 1. The molecule has 5 rings (SSSR count). The van der Waals surface area contributed by atoms with Crippen LogP contribution in [-0.2, 0) is 25.7 Å². The third-order valence-electron chi connectivity index (χ3n) is 6.28. The smallest absolute Gasteiger partial charge is 0.124 e. The molecule has 3 aromatic rings. The van der Waals surface area contributed by atoms with Gasteiger partial charge in [0, 0.05) is 16.0 Å². The van der Waals surface area contributed by atoms with E-state index in [1.807, 2.05) is 11.3 Å². The number of benzene rings is 1. The normalized spacial score (nSPS) is 19.5. The van der Waals surface area contributed by atoms with Gasteiger partial charge in [0.05, 0.1) is 0 Å². The number of thiophene rings is 1. The van der Waals surface area contributed by atoms with Gasteiger partial charge in [-0.2, -0.15) is 0 Å². The van der Waals surface area contributed by atoms with Crippen molar-refractivity contribution in [3.05, 3.63) is 52.0 Å². The van der Waals surface area contributed by atoms with Gasteiger partial charge >= 0.3 is 0 Å². The number of aryl methyl sites for hydroxylation is 2. The second-order valence-corrected chi connectivity index (χ2v) is 9.31. The quantitative estimate of drug-likeness (QED) is 0.424. The minimum absolute atomic E-state index is 0. The molecule has 0 amide bonds. The highest BCUT2D eigenvalue weighted by Crippen LogP contribution is 2.44. The van der Waals surface area contributed by atoms with E-state index in [1.165, 1.54) is 78.4 Å². The topological polar surface area (TPSA) is 12.9 Å². The molecule has 2 aliphatic carbocycles. The van der Waals surface area contributed by atoms with Gasteiger partial charge in [0.1, 0.15) is 4.83 Å². The Hall–Kier alpha value is -1.38. The minimum Gasteiger partial charge on any atom is -0.242 e. The number of hydrogen-bond donors (Lipinski definition) is 0. The largest absolute Gasteiger partial charge is 0.242 e. The van der Waals surface area contributed by atoms with Gasteiger partial charge in [0.2, 0.25) is 0 Å². The standard InChI is InChI=1S/C24H27NS.ClH/c1-16-13-14-19-21(15-16)26-24-23(19)22(17-9-5-4-6-10-17)18-11-7-2-3-8-12-20(18)25-24;/h4-6,9-10,16H,2-3,7-8,11-15H2,1H3;1H. The number of hydrogen-bond acceptors (Lipinski definition) is 2. The molecule has 0 saturated carbocycles. The Balaban J connectivity index is 0.00000180. The first-order chi connectivity index (χ1) is 12.8. The van der Waals surface area contributed by atoms with Crippen LogP contribution >= 0.6 is 23.7 Å². The first-order valence-corrected chi connectivity index (χ1v) is 11.1. The van der Waals surface area contributed by atoms with Crippen molar-refractivity contribution < 1.29 is 0 Å². The van der Waals surface area contributed by atoms with Crippen molar-refractivity contribution in [1.29, 1.82) is 0 Å². The number of rotatable bonds is 1. The summed E-state index contributed by atoms with van der Waals surface area (Å²) in [5.41, 5.74) is 7.50. The molecule has 142 valence electrons. The third-order valence-corrected chi connectivity index (χ3v) is 7.43. The predicted molar refractivity (Wildman–Crippen MR) is 119 cm³/mol. The molecule has 1 aromatic carbocycles. The minimum atomic E-state index is 0. The van der Waals surface area contributed by atoms with Crippen molar-refractivity contribution in [2.24, 2.45) is 5.92 Å². The average Bonchev–Trinajstić information content (AvgIpc) is 2.99. The lowest BCUT2D eigenvalue weighted by molar-refractivity contribution is 0.509. The van der Waals surface area contributed by atoms with Crippen molar-refractivity contribution in [2.75, 3.05) is 0 Å². The maximum atomic E-state index is 5.25. The molecule has 0 radical (unpaired) electrons. The highest BCUT2D eigenvalue weighted by atomic mass is 35.5. The van der Waals surface area contributed by atoms with Crippen molar-refractivity contribution >= 4 is 34.0 Å². The summed E-state index contributed by atoms with van der Waals surface area (Å²) in [4.78, 5) is 8.17. The van der Waals surface area contributed by atoms with E-state index in [4.69, 9.17) is 4.98 Å². The molecule has 1 nitrogen and oxygen atoms in total. The Morgan fingerprint density at radius 3 is 2.52 bits per heavy atom. The molecule has 27 heavy (non-hydrogen) atoms. The molecule has 0 spiro atoms. The van der Waals surface area contributed by atoms with Gasteiger partial charge in [-0.3, -0.25) is 0 Å². The zero-order chi connectivity index (χ0) is 17.5. The molecule has 2 aromatic heterocycles. The van der Waals surface area contributed by atoms with E-state index in [0.29, 0.717) is 0 Å². The summed E-state index contributed by atoms with van der Waals surface area (Å²) in [6.07, 6.45) is 11.5. The Kier molecular flexibility index (Phi) is 5.57. The maximum absolute atomic E-state index is 5.25. The third kappa shape index (κ3) is 3.43. The molecule has 1 atom stereocenters. The number of nitrogens with zero attached hydrogens (tertiary/aromatic N) is 1. The van der Waals surface area contributed by atoms with E-state index in [9.17, 15) is 0 Å². The first kappa shape index (κ1) is 19.0. The molecule has 0 saturated heterocycles. The monoisotopic (exact) mass is 397 g/mol. The molecule has 0 fully saturated rings. The van der Waals surface area contributed by atoms with Crippen molar-refractivity contribution in [1.82, 2.24) is 4.98 Å². The molecule has 0 N–H and O–H groups in total. The lowest BCUT2D eigenvalue weighted by atomic mass is 9.84. The molecular formula is C24H28ClNS. The van der Waals surface area contributed by atoms with E-state index >= 15 is 0 Å². The lowest BCUT2D eigenvalue weighted by Crippen LogP contribution is -2.09. The molecule has 0 bridgehead atoms. The Labute approximate surface area is 172 Å². The average molecular weight is 398 g/mol. The Morgan fingerprint density at radius 1 is 0.926 bits per heavy atom. The summed E-state index contributed by atoms with van der Waals surface area (Å²) in [5.74, 6) is 0.816. The zero-order valence-electron chi connectivity index (χ0n) is 16.1. The van der Waals surface area contributed by atoms with Gasteiger partial charge in [-0.15, -0.1) is 23.7 Å². The van der Waals surface area contributed by atoms with Crippen LogP contribution in [0.2, 0.25) is 0 Å². The highest BCUT2D eigenvalue weighted by Gasteiger charge is 2.26. The summed E-state index contributed by atoms with van der Waals surface area (Å²) >= 11 is 1.99. The molecule has 2 aliphatic rings. The molecule has 1 unspecified atom stereocenters. The number of fused-ring (bicyclic) bond motifs is 4. The van der Waals surface area contributed by atoms with Crippen LogP contribution in [0.15, 0.2) is 30.3 Å². The van der Waals surface area contributed by atoms with Gasteiger partial charge in [-0.05, 0) is 73.1 Å². The fraction of sp³-hybridized carbons (Fsp3) is 0.458. The second-order valence-electron chi connectivity index (χ2n) is 8.22. The number of halogens is 1. The summed E-state index contributed by atoms with van der Waals surface area (Å²) in [7, 11) is 0. The van der Waals surface area contributed by atoms with Gasteiger partial charge in [-0.1, -0.05) is 50.1 Å². The second kappa shape index (κ2) is 7.93. The molecule has 2 heterocycles. The van der Waals surface area contributed by atoms with Gasteiger partial charge in [0.25, 0.3) is 0 Å². The van der Waals surface area contributed by atoms with Crippen LogP contribution in [0.25, 0.3) is 21.3 Å². The molecule has 0 aliphatic heterocycles. The Bertz CT molecular complexity index is 944. The predicted octanol–water partition coefficient (Wildman–Crippen LogP) is 7.17. The van der Waals surface area contributed by atoms with Crippen LogP contribution in [-0.4, -0.2) is 4.98 Å². The summed E-state index contributed by atoms with van der Waals surface area (Å²) in [6.45, 7) is 2.40. The Morgan fingerprint density at radius 2 is 1.70 bits per heavy atom. The fourth-order valence-corrected chi connectivity index (χ4v) is 6.32. The van der Waals surface area contributed by atoms with E-state index in [-0.39, 0.29) is 12.4 Å². The highest BCUT2D eigenvalue weighted by molar-refractivity contribution is 7.19. The van der Waals surface area contributed by atoms with Crippen LogP contribution in [0.5, 0.6) is 0 Å². The van der Waals surface area contributed by atoms with Crippen LogP contribution in [0.1, 0.15) is 60.7 Å². The summed E-state index contributed by atoms with van der Waals surface area (Å²) in [6, 6.07) is 11.1. The van der Waals surface area contributed by atoms with Gasteiger partial charge < -0.3 is 0 Å². The van der Waals surface area contributed by atoms with Crippen molar-refractivity contribution in [2.45, 2.75) is 64.7 Å². The first-order valence-electron chi connectivity index (χ1n) is 10.3. The molecular weight excluding hydrogens is 370 g/mol. The van der Waals surface area contributed by atoms with Gasteiger partial charge in [-0.25, -0.2) is 4.98 Å². The van der Waals surface area contributed by atoms with E-state index in [2.05, 4.69) is 37.3 Å². The van der Waals surface area contributed by atoms with Crippen LogP contribution < -0.4 is 0 Å². The van der Waals surface area contributed by atoms with Gasteiger partial charge in [0.15, 0.2) is 0 Å². The van der Waals surface area contributed by atoms with E-state index in [1.54, 1.807) is 16.0 Å². The van der Waals surface area contributed by atoms with Crippen LogP contribution in [0, 0.1) is 5.92 Å². The summed E-state index contributed by atoms with van der Waals surface area (Å²) < 4.78 is 0. The maximum Gasteiger partial charge on any atom is 0.124 e. The van der Waals surface area contributed by atoms with Crippen molar-refractivity contribution in [3.63, 3.8) is 0 Å². The number of pyridine rings is 1. The van der Waals surface area contributed by atoms with E-state index in [0.717, 1.165) is 12.3 Å². The van der Waals surface area contributed by atoms with Crippen LogP contribution in [0.4, 0.5) is 0 Å². The SMILES string of the molecule is CC1CCc2c(sc3nc4c(c(-c5ccccc5)c23)CCCCCC4)C1.Cl. The zero-order valence-corrected chi connectivity index (χ0v) is 17.7. The van der Waals surface area contributed by atoms with E-state index < -0.39 is 0 Å². The molecule has 3 heteroatoms. The van der Waals surface area contributed by atoms with Crippen LogP contribution in [0.3, 0.4) is 0 Å². The lowest BCUT2D eigenvalue weighted by Gasteiger charge is -2.21. The fourth-order valence-electron chi connectivity index (χ4n) is 4.91. The summed E-state index contributed by atoms with van der Waals surface area (Å²) in [5, 5.41) is 1.50. The van der Waals surface area contributed by atoms with Crippen molar-refractivity contribution in [3.8, 4) is 11.1 Å².